The lowest BCUT2D eigenvalue weighted by Crippen LogP contribution is -2.01. The highest BCUT2D eigenvalue weighted by atomic mass is 19.1. The number of nitrogens with zero attached hydrogens (tertiary/aromatic N) is 4. The van der Waals surface area contributed by atoms with Gasteiger partial charge in [-0.05, 0) is 42.0 Å². The van der Waals surface area contributed by atoms with Crippen LogP contribution in [0.15, 0.2) is 65.6 Å². The van der Waals surface area contributed by atoms with E-state index in [-0.39, 0.29) is 6.54 Å². The first-order chi connectivity index (χ1) is 12.2. The second-order valence-electron chi connectivity index (χ2n) is 5.46. The van der Waals surface area contributed by atoms with Gasteiger partial charge >= 0.3 is 0 Å². The summed E-state index contributed by atoms with van der Waals surface area (Å²) in [6, 6.07) is 10.6. The van der Waals surface area contributed by atoms with Gasteiger partial charge in [-0.15, -0.1) is 0 Å². The molecular weight excluding hydrogens is 326 g/mol. The number of halogens is 2. The van der Waals surface area contributed by atoms with Crippen molar-refractivity contribution in [3.8, 4) is 23.0 Å². The van der Waals surface area contributed by atoms with Crippen LogP contribution < -0.4 is 0 Å². The maximum Gasteiger partial charge on any atom is 0.274 e. The first kappa shape index (κ1) is 15.2. The van der Waals surface area contributed by atoms with Crippen molar-refractivity contribution in [1.82, 2.24) is 19.7 Å². The third-order valence-corrected chi connectivity index (χ3v) is 3.69. The Balaban J connectivity index is 1.65. The van der Waals surface area contributed by atoms with E-state index in [0.717, 1.165) is 11.6 Å². The summed E-state index contributed by atoms with van der Waals surface area (Å²) in [7, 11) is 0. The zero-order chi connectivity index (χ0) is 17.2. The van der Waals surface area contributed by atoms with E-state index in [0.29, 0.717) is 23.0 Å². The van der Waals surface area contributed by atoms with Gasteiger partial charge in [0.1, 0.15) is 17.3 Å². The summed E-state index contributed by atoms with van der Waals surface area (Å²) in [5.41, 5.74) is 1.96. The lowest BCUT2D eigenvalue weighted by atomic mass is 10.2. The zero-order valence-electron chi connectivity index (χ0n) is 12.9. The molecule has 0 aliphatic heterocycles. The van der Waals surface area contributed by atoms with E-state index >= 15 is 0 Å². The summed E-state index contributed by atoms with van der Waals surface area (Å²) in [5.74, 6) is -0.446. The molecular formula is C18H12F2N4O. The normalized spacial score (nSPS) is 11.0. The molecule has 0 radical (unpaired) electrons. The molecule has 3 heterocycles. The lowest BCUT2D eigenvalue weighted by molar-refractivity contribution is 0.429. The Labute approximate surface area is 141 Å². The van der Waals surface area contributed by atoms with Crippen LogP contribution in [0.1, 0.15) is 5.56 Å². The molecule has 7 heteroatoms. The van der Waals surface area contributed by atoms with Crippen molar-refractivity contribution >= 4 is 0 Å². The molecule has 0 amide bonds. The predicted molar refractivity (Wildman–Crippen MR) is 86.4 cm³/mol. The van der Waals surface area contributed by atoms with Gasteiger partial charge in [0, 0.05) is 36.8 Å². The topological polar surface area (TPSA) is 56.7 Å². The number of hydrogen-bond donors (Lipinski definition) is 0. The molecule has 0 aliphatic carbocycles. The molecule has 25 heavy (non-hydrogen) atoms. The molecule has 0 saturated carbocycles. The first-order valence-corrected chi connectivity index (χ1v) is 7.53. The molecule has 0 aliphatic rings. The van der Waals surface area contributed by atoms with Gasteiger partial charge in [-0.2, -0.15) is 4.98 Å². The highest BCUT2D eigenvalue weighted by molar-refractivity contribution is 5.57. The lowest BCUT2D eigenvalue weighted by Gasteiger charge is -2.07. The van der Waals surface area contributed by atoms with Gasteiger partial charge in [0.2, 0.25) is 5.82 Å². The Morgan fingerprint density at radius 1 is 1.00 bits per heavy atom. The largest absolute Gasteiger partial charge is 0.339 e. The van der Waals surface area contributed by atoms with Crippen LogP contribution in [0.5, 0.6) is 0 Å². The smallest absolute Gasteiger partial charge is 0.274 e. The molecule has 0 N–H and O–H groups in total. The fourth-order valence-corrected chi connectivity index (χ4v) is 2.59. The van der Waals surface area contributed by atoms with E-state index in [1.165, 1.54) is 12.1 Å². The van der Waals surface area contributed by atoms with Crippen molar-refractivity contribution in [2.75, 3.05) is 0 Å². The minimum Gasteiger partial charge on any atom is -0.339 e. The summed E-state index contributed by atoms with van der Waals surface area (Å²) in [5, 5.41) is 3.97. The summed E-state index contributed by atoms with van der Waals surface area (Å²) in [6.45, 7) is 0.282. The molecule has 0 atom stereocenters. The maximum atomic E-state index is 13.4. The van der Waals surface area contributed by atoms with Crippen molar-refractivity contribution in [1.29, 1.82) is 0 Å². The van der Waals surface area contributed by atoms with Gasteiger partial charge in [-0.3, -0.25) is 4.98 Å². The third-order valence-electron chi connectivity index (χ3n) is 3.69. The van der Waals surface area contributed by atoms with Crippen LogP contribution in [-0.4, -0.2) is 19.7 Å². The Morgan fingerprint density at radius 3 is 2.52 bits per heavy atom. The third kappa shape index (κ3) is 3.16. The Hall–Kier alpha value is -3.35. The minimum atomic E-state index is -0.610. The summed E-state index contributed by atoms with van der Waals surface area (Å²) >= 11 is 0. The van der Waals surface area contributed by atoms with E-state index < -0.39 is 11.6 Å². The molecule has 1 aromatic carbocycles. The summed E-state index contributed by atoms with van der Waals surface area (Å²) in [4.78, 5) is 8.34. The number of hydrogen-bond acceptors (Lipinski definition) is 4. The van der Waals surface area contributed by atoms with Crippen molar-refractivity contribution < 1.29 is 13.3 Å². The molecule has 4 rings (SSSR count). The quantitative estimate of drug-likeness (QED) is 0.566. The van der Waals surface area contributed by atoms with Crippen LogP contribution in [0.2, 0.25) is 0 Å². The Kier molecular flexibility index (Phi) is 3.81. The molecule has 0 unspecified atom stereocenters. The molecule has 3 aromatic heterocycles. The van der Waals surface area contributed by atoms with Crippen molar-refractivity contribution in [2.24, 2.45) is 0 Å². The average Bonchev–Trinajstić information content (AvgIpc) is 3.23. The van der Waals surface area contributed by atoms with Crippen LogP contribution >= 0.6 is 0 Å². The second-order valence-corrected chi connectivity index (χ2v) is 5.46. The fraction of sp³-hybridized carbons (Fsp3) is 0.0556. The molecule has 0 saturated heterocycles. The van der Waals surface area contributed by atoms with E-state index in [2.05, 4.69) is 15.1 Å². The van der Waals surface area contributed by atoms with E-state index in [1.54, 1.807) is 47.4 Å². The molecule has 124 valence electrons. The van der Waals surface area contributed by atoms with Gasteiger partial charge in [0.25, 0.3) is 5.89 Å². The summed E-state index contributed by atoms with van der Waals surface area (Å²) in [6.07, 6.45) is 5.08. The minimum absolute atomic E-state index is 0.282. The van der Waals surface area contributed by atoms with Gasteiger partial charge < -0.3 is 9.09 Å². The number of aromatic nitrogens is 4. The van der Waals surface area contributed by atoms with Crippen LogP contribution in [0.25, 0.3) is 23.0 Å². The Bertz CT molecular complexity index is 991. The number of benzene rings is 1. The molecule has 0 bridgehead atoms. The summed E-state index contributed by atoms with van der Waals surface area (Å²) < 4.78 is 33.9. The molecule has 4 aromatic rings. The fourth-order valence-electron chi connectivity index (χ4n) is 2.59. The SMILES string of the molecule is Fc1cc(F)cc(Cn2cccc2-c2nc(-c3ccncc3)no2)c1. The van der Waals surface area contributed by atoms with Gasteiger partial charge in [-0.1, -0.05) is 5.16 Å². The van der Waals surface area contributed by atoms with Gasteiger partial charge in [-0.25, -0.2) is 8.78 Å². The zero-order valence-corrected chi connectivity index (χ0v) is 12.9. The monoisotopic (exact) mass is 338 g/mol. The highest BCUT2D eigenvalue weighted by Gasteiger charge is 2.14. The van der Waals surface area contributed by atoms with Crippen LogP contribution in [0, 0.1) is 11.6 Å². The van der Waals surface area contributed by atoms with Crippen molar-refractivity contribution in [2.45, 2.75) is 6.54 Å². The number of pyridine rings is 1. The van der Waals surface area contributed by atoms with Crippen molar-refractivity contribution in [3.63, 3.8) is 0 Å². The second kappa shape index (κ2) is 6.27. The predicted octanol–water partition coefficient (Wildman–Crippen LogP) is 3.93. The van der Waals surface area contributed by atoms with E-state index in [9.17, 15) is 8.78 Å². The van der Waals surface area contributed by atoms with Crippen LogP contribution in [0.4, 0.5) is 8.78 Å². The molecule has 0 fully saturated rings. The molecule has 5 nitrogen and oxygen atoms in total. The van der Waals surface area contributed by atoms with Crippen LogP contribution in [-0.2, 0) is 6.54 Å². The van der Waals surface area contributed by atoms with Crippen molar-refractivity contribution in [3.05, 3.63) is 78.3 Å². The first-order valence-electron chi connectivity index (χ1n) is 7.53. The standard InChI is InChI=1S/C18H12F2N4O/c19-14-8-12(9-15(20)10-14)11-24-7-1-2-16(24)18-22-17(23-25-18)13-3-5-21-6-4-13/h1-10H,11H2. The van der Waals surface area contributed by atoms with Gasteiger partial charge in [0.05, 0.1) is 0 Å². The van der Waals surface area contributed by atoms with E-state index in [4.69, 9.17) is 4.52 Å². The molecule has 0 spiro atoms. The average molecular weight is 338 g/mol. The Morgan fingerprint density at radius 2 is 1.76 bits per heavy atom. The van der Waals surface area contributed by atoms with E-state index in [1.807, 2.05) is 0 Å². The maximum absolute atomic E-state index is 13.4. The number of rotatable bonds is 4. The highest BCUT2D eigenvalue weighted by Crippen LogP contribution is 2.23. The van der Waals surface area contributed by atoms with Crippen LogP contribution in [0.3, 0.4) is 0 Å². The van der Waals surface area contributed by atoms with Gasteiger partial charge in [0.15, 0.2) is 0 Å².